The van der Waals surface area contributed by atoms with Crippen LogP contribution >= 0.6 is 22.7 Å². The Morgan fingerprint density at radius 1 is 1.29 bits per heavy atom. The first-order valence-corrected chi connectivity index (χ1v) is 14.1. The Morgan fingerprint density at radius 2 is 2.06 bits per heavy atom. The number of thiophene rings is 1. The second-order valence-electron chi connectivity index (χ2n) is 9.82. The molecular formula is C27H33N3O3S2. The highest BCUT2D eigenvalue weighted by Crippen LogP contribution is 2.41. The molecule has 2 N–H and O–H groups in total. The van der Waals surface area contributed by atoms with Gasteiger partial charge < -0.3 is 10.4 Å². The number of nitrogens with one attached hydrogen (secondary N) is 1. The van der Waals surface area contributed by atoms with E-state index >= 15 is 0 Å². The molecule has 4 rings (SSSR count). The fourth-order valence-corrected chi connectivity index (χ4v) is 6.42. The number of amides is 1. The lowest BCUT2D eigenvalue weighted by Gasteiger charge is -2.35. The van der Waals surface area contributed by atoms with Crippen molar-refractivity contribution in [3.05, 3.63) is 43.5 Å². The van der Waals surface area contributed by atoms with Gasteiger partial charge in [0.2, 0.25) is 0 Å². The topological polar surface area (TPSA) is 82.5 Å². The van der Waals surface area contributed by atoms with E-state index in [0.717, 1.165) is 31.6 Å². The van der Waals surface area contributed by atoms with E-state index in [2.05, 4.69) is 34.0 Å². The van der Waals surface area contributed by atoms with Crippen molar-refractivity contribution in [1.29, 1.82) is 0 Å². The molecule has 6 nitrogen and oxygen atoms in total. The number of nitrogens with zero attached hydrogens (tertiary/aromatic N) is 2. The number of carbonyl (C=O) groups is 2. The molecule has 0 bridgehead atoms. The summed E-state index contributed by atoms with van der Waals surface area (Å²) >= 11 is 2.60. The smallest absolute Gasteiger partial charge is 0.346 e. The van der Waals surface area contributed by atoms with Crippen molar-refractivity contribution < 1.29 is 14.7 Å². The van der Waals surface area contributed by atoms with Crippen LogP contribution in [0.2, 0.25) is 0 Å². The second kappa shape index (κ2) is 11.1. The van der Waals surface area contributed by atoms with Gasteiger partial charge >= 0.3 is 5.97 Å². The number of carbonyl (C=O) groups excluding carboxylic acids is 1. The van der Waals surface area contributed by atoms with Gasteiger partial charge in [0.15, 0.2) is 0 Å². The summed E-state index contributed by atoms with van der Waals surface area (Å²) in [6.45, 7) is 8.76. The van der Waals surface area contributed by atoms with Crippen molar-refractivity contribution in [3.63, 3.8) is 0 Å². The molecule has 2 aromatic rings. The highest BCUT2D eigenvalue weighted by atomic mass is 32.1. The standard InChI is InChI=1S/C27H33N3O3S2/c1-4-30-13-11-20(22(15-30)18-8-6-5-7-9-18)21-14-19(35-24(21)26(32)33)10-12-27(2,3)29-25(31)23-16-34-17-28-23/h14,16-18H,4-9,11,13,15H2,1-3H3,(H,29,31)(H,32,33). The van der Waals surface area contributed by atoms with E-state index in [9.17, 15) is 14.7 Å². The Labute approximate surface area is 215 Å². The van der Waals surface area contributed by atoms with Crippen molar-refractivity contribution >= 4 is 40.1 Å². The third-order valence-electron chi connectivity index (χ3n) is 6.85. The van der Waals surface area contributed by atoms with Crippen molar-refractivity contribution in [3.8, 4) is 11.8 Å². The van der Waals surface area contributed by atoms with Crippen LogP contribution in [-0.4, -0.2) is 52.0 Å². The van der Waals surface area contributed by atoms with Crippen LogP contribution in [-0.2, 0) is 0 Å². The molecule has 0 aromatic carbocycles. The molecular weight excluding hydrogens is 478 g/mol. The number of aromatic carboxylic acids is 1. The molecule has 1 aliphatic heterocycles. The maximum absolute atomic E-state index is 12.4. The van der Waals surface area contributed by atoms with E-state index in [1.807, 2.05) is 19.9 Å². The van der Waals surface area contributed by atoms with Gasteiger partial charge in [0.05, 0.1) is 15.9 Å². The first-order chi connectivity index (χ1) is 16.8. The van der Waals surface area contributed by atoms with E-state index in [-0.39, 0.29) is 5.91 Å². The molecule has 8 heteroatoms. The van der Waals surface area contributed by atoms with E-state index in [1.54, 1.807) is 10.9 Å². The Bertz CT molecular complexity index is 1160. The molecule has 3 heterocycles. The van der Waals surface area contributed by atoms with Gasteiger partial charge in [-0.2, -0.15) is 0 Å². The molecule has 1 aliphatic carbocycles. The predicted octanol–water partition coefficient (Wildman–Crippen LogP) is 5.52. The van der Waals surface area contributed by atoms with Crippen LogP contribution in [0.15, 0.2) is 22.5 Å². The highest BCUT2D eigenvalue weighted by Gasteiger charge is 2.29. The zero-order valence-corrected chi connectivity index (χ0v) is 22.3. The third kappa shape index (κ3) is 6.21. The zero-order chi connectivity index (χ0) is 25.0. The Hall–Kier alpha value is -2.47. The molecule has 2 aliphatic rings. The number of rotatable bonds is 6. The lowest BCUT2D eigenvalue weighted by atomic mass is 9.78. The number of likely N-dealkylation sites (N-methyl/N-ethyl adjacent to an activating group) is 1. The molecule has 0 unspecified atom stereocenters. The van der Waals surface area contributed by atoms with Crippen molar-refractivity contribution in [2.45, 2.75) is 64.8 Å². The van der Waals surface area contributed by atoms with Gasteiger partial charge in [-0.3, -0.25) is 9.69 Å². The van der Waals surface area contributed by atoms with E-state index in [1.165, 1.54) is 65.9 Å². The molecule has 0 saturated heterocycles. The monoisotopic (exact) mass is 511 g/mol. The average Bonchev–Trinajstić information content (AvgIpc) is 3.53. The van der Waals surface area contributed by atoms with E-state index in [4.69, 9.17) is 0 Å². The van der Waals surface area contributed by atoms with Crippen LogP contribution in [0, 0.1) is 17.8 Å². The van der Waals surface area contributed by atoms with Crippen molar-refractivity contribution in [2.24, 2.45) is 5.92 Å². The zero-order valence-electron chi connectivity index (χ0n) is 20.6. The summed E-state index contributed by atoms with van der Waals surface area (Å²) in [5, 5.41) is 14.6. The second-order valence-corrected chi connectivity index (χ2v) is 11.6. The van der Waals surface area contributed by atoms with Gasteiger partial charge in [0.1, 0.15) is 10.6 Å². The molecule has 0 spiro atoms. The van der Waals surface area contributed by atoms with Gasteiger partial charge in [0, 0.05) is 24.0 Å². The molecule has 35 heavy (non-hydrogen) atoms. The molecule has 2 aromatic heterocycles. The Kier molecular flexibility index (Phi) is 8.10. The number of hydrogen-bond donors (Lipinski definition) is 2. The molecule has 1 saturated carbocycles. The van der Waals surface area contributed by atoms with Crippen LogP contribution in [0.4, 0.5) is 0 Å². The molecule has 1 fully saturated rings. The molecule has 0 radical (unpaired) electrons. The van der Waals surface area contributed by atoms with Gasteiger partial charge in [-0.25, -0.2) is 9.78 Å². The minimum atomic E-state index is -0.900. The minimum Gasteiger partial charge on any atom is -0.477 e. The summed E-state index contributed by atoms with van der Waals surface area (Å²) in [5.41, 5.74) is 4.71. The van der Waals surface area contributed by atoms with Crippen LogP contribution in [0.3, 0.4) is 0 Å². The average molecular weight is 512 g/mol. The van der Waals surface area contributed by atoms with Gasteiger partial charge in [-0.05, 0) is 62.8 Å². The summed E-state index contributed by atoms with van der Waals surface area (Å²) in [5.74, 6) is 5.65. The first kappa shape index (κ1) is 25.6. The van der Waals surface area contributed by atoms with Gasteiger partial charge in [0.25, 0.3) is 5.91 Å². The first-order valence-electron chi connectivity index (χ1n) is 12.3. The van der Waals surface area contributed by atoms with Crippen LogP contribution in [0.1, 0.15) is 89.9 Å². The largest absolute Gasteiger partial charge is 0.477 e. The highest BCUT2D eigenvalue weighted by molar-refractivity contribution is 7.14. The molecule has 0 atom stereocenters. The van der Waals surface area contributed by atoms with E-state index < -0.39 is 11.5 Å². The van der Waals surface area contributed by atoms with Gasteiger partial charge in [-0.15, -0.1) is 22.7 Å². The van der Waals surface area contributed by atoms with Crippen LogP contribution in [0.5, 0.6) is 0 Å². The van der Waals surface area contributed by atoms with E-state index in [0.29, 0.717) is 21.4 Å². The summed E-state index contributed by atoms with van der Waals surface area (Å²) < 4.78 is 0. The number of aromatic nitrogens is 1. The fraction of sp³-hybridized carbons (Fsp3) is 0.519. The predicted molar refractivity (Wildman–Crippen MR) is 142 cm³/mol. The maximum Gasteiger partial charge on any atom is 0.346 e. The number of carboxylic acid groups (broad SMARTS) is 1. The minimum absolute atomic E-state index is 0.270. The SMILES string of the molecule is CCN1CCC(c2cc(C#CC(C)(C)NC(=O)c3cscn3)sc2C(=O)O)=C(C2CCCCC2)C1. The Morgan fingerprint density at radius 3 is 2.71 bits per heavy atom. The summed E-state index contributed by atoms with van der Waals surface area (Å²) in [4.78, 5) is 32.2. The normalized spacial score (nSPS) is 17.7. The van der Waals surface area contributed by atoms with Crippen LogP contribution < -0.4 is 5.32 Å². The third-order valence-corrected chi connectivity index (χ3v) is 8.47. The molecule has 186 valence electrons. The lowest BCUT2D eigenvalue weighted by Crippen LogP contribution is -2.42. The fourth-order valence-electron chi connectivity index (χ4n) is 5.01. The Balaban J connectivity index is 1.65. The van der Waals surface area contributed by atoms with Crippen LogP contribution in [0.25, 0.3) is 5.57 Å². The quantitative estimate of drug-likeness (QED) is 0.499. The van der Waals surface area contributed by atoms with Crippen molar-refractivity contribution in [2.75, 3.05) is 19.6 Å². The number of hydrogen-bond acceptors (Lipinski definition) is 6. The summed E-state index contributed by atoms with van der Waals surface area (Å²) in [6.07, 6.45) is 7.07. The van der Waals surface area contributed by atoms with Crippen molar-refractivity contribution in [1.82, 2.24) is 15.2 Å². The van der Waals surface area contributed by atoms with Gasteiger partial charge in [-0.1, -0.05) is 38.0 Å². The number of thiazole rings is 1. The molecule has 1 amide bonds. The summed E-state index contributed by atoms with van der Waals surface area (Å²) in [7, 11) is 0. The maximum atomic E-state index is 12.4. The summed E-state index contributed by atoms with van der Waals surface area (Å²) in [6, 6.07) is 1.96. The lowest BCUT2D eigenvalue weighted by molar-refractivity contribution is 0.0701. The number of carboxylic acids is 1.